The van der Waals surface area contributed by atoms with Gasteiger partial charge in [0.1, 0.15) is 10.0 Å². The fourth-order valence-electron chi connectivity index (χ4n) is 2.47. The molecule has 0 amide bonds. The number of pyridine rings is 1. The van der Waals surface area contributed by atoms with Gasteiger partial charge in [-0.05, 0) is 24.3 Å². The number of anilines is 1. The summed E-state index contributed by atoms with van der Waals surface area (Å²) >= 11 is 7.69. The van der Waals surface area contributed by atoms with Crippen LogP contribution in [-0.4, -0.2) is 15.2 Å². The third-order valence-corrected chi connectivity index (χ3v) is 4.83. The number of nitrogens with one attached hydrogen (secondary N) is 1. The molecule has 0 saturated heterocycles. The summed E-state index contributed by atoms with van der Waals surface area (Å²) in [5, 5.41) is 15.5. The highest BCUT2D eigenvalue weighted by Crippen LogP contribution is 2.27. The summed E-state index contributed by atoms with van der Waals surface area (Å²) in [7, 11) is 0. The minimum Gasteiger partial charge on any atom is -0.378 e. The Labute approximate surface area is 148 Å². The van der Waals surface area contributed by atoms with Crippen LogP contribution in [0, 0.1) is 0 Å². The Hall–Kier alpha value is -2.50. The first kappa shape index (κ1) is 15.1. The van der Waals surface area contributed by atoms with Crippen LogP contribution in [0.15, 0.2) is 60.8 Å². The van der Waals surface area contributed by atoms with Gasteiger partial charge in [-0.3, -0.25) is 4.98 Å². The lowest BCUT2D eigenvalue weighted by molar-refractivity contribution is 0.993. The zero-order valence-electron chi connectivity index (χ0n) is 12.6. The van der Waals surface area contributed by atoms with Crippen molar-refractivity contribution < 1.29 is 0 Å². The van der Waals surface area contributed by atoms with E-state index in [0.717, 1.165) is 32.2 Å². The predicted octanol–water partition coefficient (Wildman–Crippen LogP) is 5.02. The molecular weight excluding hydrogens is 340 g/mol. The Kier molecular flexibility index (Phi) is 4.11. The quantitative estimate of drug-likeness (QED) is 0.560. The van der Waals surface area contributed by atoms with Crippen molar-refractivity contribution in [2.45, 2.75) is 6.54 Å². The van der Waals surface area contributed by atoms with E-state index < -0.39 is 0 Å². The maximum atomic E-state index is 6.10. The smallest absolute Gasteiger partial charge is 0.147 e. The van der Waals surface area contributed by atoms with Crippen molar-refractivity contribution in [1.82, 2.24) is 15.2 Å². The summed E-state index contributed by atoms with van der Waals surface area (Å²) in [6, 6.07) is 17.7. The molecule has 0 spiro atoms. The van der Waals surface area contributed by atoms with Crippen LogP contribution in [-0.2, 0) is 6.54 Å². The summed E-state index contributed by atoms with van der Waals surface area (Å²) in [5.41, 5.74) is 2.98. The maximum Gasteiger partial charge on any atom is 0.147 e. The second-order valence-corrected chi connectivity index (χ2v) is 6.74. The molecule has 0 aliphatic heterocycles. The fourth-order valence-corrected chi connectivity index (χ4v) is 3.42. The molecule has 0 fully saturated rings. The molecule has 6 heteroatoms. The standard InChI is InChI=1S/C18H13ClN4S/c19-13-6-7-15-14(10-13)16(8-9-20-15)21-11-17-22-23-18(24-17)12-4-2-1-3-5-12/h1-10H,11H2,(H,20,21). The molecule has 0 unspecified atom stereocenters. The molecule has 2 aromatic heterocycles. The van der Waals surface area contributed by atoms with E-state index in [1.807, 2.05) is 54.6 Å². The molecule has 4 rings (SSSR count). The number of hydrogen-bond acceptors (Lipinski definition) is 5. The van der Waals surface area contributed by atoms with Gasteiger partial charge in [0, 0.05) is 27.9 Å². The zero-order chi connectivity index (χ0) is 16.4. The summed E-state index contributed by atoms with van der Waals surface area (Å²) < 4.78 is 0. The van der Waals surface area contributed by atoms with Gasteiger partial charge in [-0.1, -0.05) is 53.3 Å². The Morgan fingerprint density at radius 3 is 2.75 bits per heavy atom. The molecule has 0 bridgehead atoms. The second-order valence-electron chi connectivity index (χ2n) is 5.24. The normalized spacial score (nSPS) is 10.9. The molecule has 2 heterocycles. The molecule has 1 N–H and O–H groups in total. The summed E-state index contributed by atoms with van der Waals surface area (Å²) in [5.74, 6) is 0. The van der Waals surface area contributed by atoms with Crippen molar-refractivity contribution in [3.05, 3.63) is 70.8 Å². The van der Waals surface area contributed by atoms with Crippen molar-refractivity contribution in [1.29, 1.82) is 0 Å². The number of nitrogens with zero attached hydrogens (tertiary/aromatic N) is 3. The molecule has 118 valence electrons. The Morgan fingerprint density at radius 1 is 1.00 bits per heavy atom. The van der Waals surface area contributed by atoms with Gasteiger partial charge in [-0.25, -0.2) is 0 Å². The highest BCUT2D eigenvalue weighted by molar-refractivity contribution is 7.14. The van der Waals surface area contributed by atoms with Gasteiger partial charge in [-0.2, -0.15) is 0 Å². The number of fused-ring (bicyclic) bond motifs is 1. The van der Waals surface area contributed by atoms with Gasteiger partial charge in [0.25, 0.3) is 0 Å². The summed E-state index contributed by atoms with van der Waals surface area (Å²) in [6.45, 7) is 0.607. The lowest BCUT2D eigenvalue weighted by Crippen LogP contribution is -2.00. The van der Waals surface area contributed by atoms with E-state index in [9.17, 15) is 0 Å². The minimum atomic E-state index is 0.607. The van der Waals surface area contributed by atoms with Gasteiger partial charge >= 0.3 is 0 Å². The first-order chi connectivity index (χ1) is 11.8. The SMILES string of the molecule is Clc1ccc2nccc(NCc3nnc(-c4ccccc4)s3)c2c1. The molecule has 4 nitrogen and oxygen atoms in total. The van der Waals surface area contributed by atoms with Gasteiger partial charge < -0.3 is 5.32 Å². The minimum absolute atomic E-state index is 0.607. The average molecular weight is 353 g/mol. The van der Waals surface area contributed by atoms with E-state index >= 15 is 0 Å². The van der Waals surface area contributed by atoms with E-state index in [-0.39, 0.29) is 0 Å². The van der Waals surface area contributed by atoms with Crippen LogP contribution >= 0.6 is 22.9 Å². The Morgan fingerprint density at radius 2 is 1.88 bits per heavy atom. The van der Waals surface area contributed by atoms with E-state index in [1.54, 1.807) is 17.5 Å². The van der Waals surface area contributed by atoms with Crippen molar-refractivity contribution in [2.24, 2.45) is 0 Å². The number of hydrogen-bond donors (Lipinski definition) is 1. The largest absolute Gasteiger partial charge is 0.378 e. The van der Waals surface area contributed by atoms with Crippen LogP contribution in [0.3, 0.4) is 0 Å². The highest BCUT2D eigenvalue weighted by atomic mass is 35.5. The predicted molar refractivity (Wildman–Crippen MR) is 99.4 cm³/mol. The van der Waals surface area contributed by atoms with Gasteiger partial charge in [0.15, 0.2) is 0 Å². The number of aromatic nitrogens is 3. The zero-order valence-corrected chi connectivity index (χ0v) is 14.2. The molecular formula is C18H13ClN4S. The fraction of sp³-hybridized carbons (Fsp3) is 0.0556. The topological polar surface area (TPSA) is 50.7 Å². The van der Waals surface area contributed by atoms with E-state index in [0.29, 0.717) is 11.6 Å². The summed E-state index contributed by atoms with van der Waals surface area (Å²) in [6.07, 6.45) is 1.79. The van der Waals surface area contributed by atoms with Crippen molar-refractivity contribution in [3.8, 4) is 10.6 Å². The first-order valence-electron chi connectivity index (χ1n) is 7.45. The molecule has 4 aromatic rings. The molecule has 0 saturated carbocycles. The molecule has 0 aliphatic carbocycles. The van der Waals surface area contributed by atoms with Crippen molar-refractivity contribution in [2.75, 3.05) is 5.32 Å². The third-order valence-electron chi connectivity index (χ3n) is 3.62. The lowest BCUT2D eigenvalue weighted by atomic mass is 10.2. The van der Waals surface area contributed by atoms with Crippen LogP contribution in [0.4, 0.5) is 5.69 Å². The molecule has 24 heavy (non-hydrogen) atoms. The Balaban J connectivity index is 1.56. The van der Waals surface area contributed by atoms with Gasteiger partial charge in [0.05, 0.1) is 12.1 Å². The van der Waals surface area contributed by atoms with Gasteiger partial charge in [-0.15, -0.1) is 10.2 Å². The number of rotatable bonds is 4. The van der Waals surface area contributed by atoms with Crippen LogP contribution < -0.4 is 5.32 Å². The molecule has 0 atom stereocenters. The van der Waals surface area contributed by atoms with Crippen LogP contribution in [0.1, 0.15) is 5.01 Å². The van der Waals surface area contributed by atoms with E-state index in [4.69, 9.17) is 11.6 Å². The number of halogens is 1. The molecule has 2 aromatic carbocycles. The van der Waals surface area contributed by atoms with Crippen molar-refractivity contribution in [3.63, 3.8) is 0 Å². The number of benzene rings is 2. The average Bonchev–Trinajstić information content (AvgIpc) is 3.10. The van der Waals surface area contributed by atoms with E-state index in [2.05, 4.69) is 20.5 Å². The lowest BCUT2D eigenvalue weighted by Gasteiger charge is -2.08. The highest BCUT2D eigenvalue weighted by Gasteiger charge is 2.07. The monoisotopic (exact) mass is 352 g/mol. The van der Waals surface area contributed by atoms with E-state index in [1.165, 1.54) is 0 Å². The first-order valence-corrected chi connectivity index (χ1v) is 8.65. The van der Waals surface area contributed by atoms with Crippen LogP contribution in [0.2, 0.25) is 5.02 Å². The van der Waals surface area contributed by atoms with Crippen LogP contribution in [0.25, 0.3) is 21.5 Å². The third kappa shape index (κ3) is 3.09. The van der Waals surface area contributed by atoms with Crippen LogP contribution in [0.5, 0.6) is 0 Å². The van der Waals surface area contributed by atoms with Crippen molar-refractivity contribution >= 4 is 39.5 Å². The van der Waals surface area contributed by atoms with Gasteiger partial charge in [0.2, 0.25) is 0 Å². The molecule has 0 aliphatic rings. The maximum absolute atomic E-state index is 6.10. The molecule has 0 radical (unpaired) electrons. The Bertz CT molecular complexity index is 985. The second kappa shape index (κ2) is 6.55. The summed E-state index contributed by atoms with van der Waals surface area (Å²) in [4.78, 5) is 4.36.